The minimum atomic E-state index is -3.19. The van der Waals surface area contributed by atoms with Gasteiger partial charge in [-0.15, -0.1) is 5.34 Å². The Labute approximate surface area is 134 Å². The molecule has 0 unspecified atom stereocenters. The Hall–Kier alpha value is -0.652. The number of rotatable bonds is 1. The van der Waals surface area contributed by atoms with Gasteiger partial charge in [-0.3, -0.25) is 0 Å². The van der Waals surface area contributed by atoms with Crippen molar-refractivity contribution in [1.29, 1.82) is 0 Å². The molecule has 0 saturated carbocycles. The zero-order valence-electron chi connectivity index (χ0n) is 9.93. The van der Waals surface area contributed by atoms with Crippen molar-refractivity contribution in [2.45, 2.75) is 6.61 Å². The Balaban J connectivity index is -0.0000000393. The average Bonchev–Trinajstić information content (AvgIpc) is 2.19. The molecule has 0 aliphatic carbocycles. The molecule has 20 heavy (non-hydrogen) atoms. The van der Waals surface area contributed by atoms with Gasteiger partial charge in [-0.2, -0.15) is 0 Å². The maximum absolute atomic E-state index is 8.95. The molecular formula is C7H18N3O8PtSe-. The van der Waals surface area contributed by atoms with Crippen molar-refractivity contribution in [3.05, 3.63) is 52.2 Å². The summed E-state index contributed by atoms with van der Waals surface area (Å²) >= 11 is -3.19. The van der Waals surface area contributed by atoms with Crippen LogP contribution >= 0.6 is 0 Å². The second-order valence-corrected chi connectivity index (χ2v) is 3.26. The molecule has 11 nitrogen and oxygen atoms in total. The van der Waals surface area contributed by atoms with Crippen molar-refractivity contribution in [1.82, 2.24) is 0 Å². The fourth-order valence-electron chi connectivity index (χ4n) is 0.645. The number of nitrogens with two attached hydrogens (primary N) is 2. The van der Waals surface area contributed by atoms with Crippen LogP contribution in [0.15, 0.2) is 29.6 Å². The molecule has 0 aromatic heterocycles. The molecule has 1 rings (SSSR count). The standard InChI is InChI=1S/C7H8O2.HNO2.2H2N.H4O3Se.H2O.Pt/c8-5-6-3-1-2-4-7(6)9;2-1-3;;;1-4(2)3;;/h1-4,8-9H,5H2;(H,2,3);2*1H2;1-4H;1H2;/q;;2*-1;;;+2/p-1. The van der Waals surface area contributed by atoms with E-state index in [2.05, 4.69) is 0 Å². The van der Waals surface area contributed by atoms with Crippen molar-refractivity contribution < 1.29 is 49.3 Å². The van der Waals surface area contributed by atoms with Gasteiger partial charge in [0.1, 0.15) is 5.75 Å². The Kier molecular flexibility index (Phi) is 49.0. The van der Waals surface area contributed by atoms with E-state index in [0.29, 0.717) is 5.56 Å². The summed E-state index contributed by atoms with van der Waals surface area (Å²) in [5.74, 6) is 0.153. The fraction of sp³-hybridized carbons (Fsp3) is 0.143. The van der Waals surface area contributed by atoms with Crippen LogP contribution < -0.4 is 0 Å². The molecule has 0 atom stereocenters. The quantitative estimate of drug-likeness (QED) is 0.174. The van der Waals surface area contributed by atoms with Gasteiger partial charge in [0.05, 0.1) is 6.61 Å². The molecule has 0 aliphatic rings. The number of para-hydroxylation sites is 1. The molecule has 0 bridgehead atoms. The van der Waals surface area contributed by atoms with E-state index in [1.807, 2.05) is 0 Å². The number of phenols is 1. The van der Waals surface area contributed by atoms with Crippen molar-refractivity contribution in [2.24, 2.45) is 5.34 Å². The molecule has 0 heterocycles. The first-order chi connectivity index (χ1) is 7.49. The number of hydrogen-bond acceptors (Lipinski definition) is 8. The van der Waals surface area contributed by atoms with Gasteiger partial charge in [0.25, 0.3) is 0 Å². The van der Waals surface area contributed by atoms with Gasteiger partial charge in [-0.1, -0.05) is 18.2 Å². The van der Waals surface area contributed by atoms with Gasteiger partial charge in [-0.25, -0.2) is 0 Å². The Bertz CT molecular complexity index is 294. The molecule has 0 aliphatic heterocycles. The summed E-state index contributed by atoms with van der Waals surface area (Å²) in [4.78, 5) is 8.00. The summed E-state index contributed by atoms with van der Waals surface area (Å²) in [5, 5.41) is 26.5. The number of nitrogens with zero attached hydrogens (tertiary/aromatic N) is 1. The van der Waals surface area contributed by atoms with Crippen molar-refractivity contribution >= 4 is 14.9 Å². The monoisotopic (exact) mass is 547 g/mol. The normalized spacial score (nSPS) is 7.10. The summed E-state index contributed by atoms with van der Waals surface area (Å²) in [6.45, 7) is -0.104. The van der Waals surface area contributed by atoms with Gasteiger partial charge in [0, 0.05) is 5.56 Å². The zero-order chi connectivity index (χ0) is 13.0. The first-order valence-corrected chi connectivity index (χ1v) is 6.20. The predicted molar refractivity (Wildman–Crippen MR) is 71.2 cm³/mol. The first-order valence-electron chi connectivity index (χ1n) is 3.69. The Morgan fingerprint density at radius 3 is 1.65 bits per heavy atom. The van der Waals surface area contributed by atoms with E-state index in [9.17, 15) is 0 Å². The molecule has 0 saturated heterocycles. The second kappa shape index (κ2) is 26.8. The van der Waals surface area contributed by atoms with Crippen LogP contribution in [0.2, 0.25) is 0 Å². The van der Waals surface area contributed by atoms with Crippen LogP contribution in [0.3, 0.4) is 0 Å². The molecule has 0 fully saturated rings. The van der Waals surface area contributed by atoms with E-state index < -0.39 is 14.9 Å². The summed E-state index contributed by atoms with van der Waals surface area (Å²) in [5.41, 5.74) is 0.567. The van der Waals surface area contributed by atoms with Crippen molar-refractivity contribution in [2.75, 3.05) is 0 Å². The predicted octanol–water partition coefficient (Wildman–Crippen LogP) is -0.577. The molecule has 0 radical (unpaired) electrons. The van der Waals surface area contributed by atoms with Crippen LogP contribution in [0.4, 0.5) is 0 Å². The average molecular weight is 546 g/mol. The molecule has 1 aromatic carbocycles. The van der Waals surface area contributed by atoms with Crippen LogP contribution in [0.5, 0.6) is 5.75 Å². The number of aliphatic hydroxyl groups is 1. The number of hydrogen-bond donors (Lipinski definition) is 5. The molecule has 0 spiro atoms. The van der Waals surface area contributed by atoms with Gasteiger partial charge >= 0.3 is 48.5 Å². The summed E-state index contributed by atoms with van der Waals surface area (Å²) in [7, 11) is 0. The van der Waals surface area contributed by atoms with Crippen LogP contribution in [-0.2, 0) is 27.7 Å². The van der Waals surface area contributed by atoms with Crippen molar-refractivity contribution in [3.63, 3.8) is 0 Å². The first kappa shape index (κ1) is 36.6. The van der Waals surface area contributed by atoms with Gasteiger partial charge in [-0.05, 0) is 6.07 Å². The minimum Gasteiger partial charge on any atom is -0.693 e. The van der Waals surface area contributed by atoms with Crippen molar-refractivity contribution in [3.8, 4) is 5.75 Å². The summed E-state index contributed by atoms with van der Waals surface area (Å²) in [6, 6.07) is 6.71. The van der Waals surface area contributed by atoms with E-state index in [1.165, 1.54) is 0 Å². The van der Waals surface area contributed by atoms with E-state index in [-0.39, 0.29) is 51.2 Å². The Morgan fingerprint density at radius 2 is 1.45 bits per heavy atom. The topological polar surface area (TPSA) is 252 Å². The van der Waals surface area contributed by atoms with Gasteiger partial charge in [0.15, 0.2) is 0 Å². The summed E-state index contributed by atoms with van der Waals surface area (Å²) in [6.07, 6.45) is 0. The smallest absolute Gasteiger partial charge is 0.693 e. The van der Waals surface area contributed by atoms with Gasteiger partial charge < -0.3 is 38.1 Å². The number of aromatic hydroxyl groups is 1. The third-order valence-corrected chi connectivity index (χ3v) is 1.16. The molecule has 11 N–H and O–H groups in total. The van der Waals surface area contributed by atoms with E-state index in [0.717, 1.165) is 5.34 Å². The van der Waals surface area contributed by atoms with E-state index in [1.54, 1.807) is 24.3 Å². The Morgan fingerprint density at radius 1 is 1.15 bits per heavy atom. The molecule has 0 amide bonds. The summed E-state index contributed by atoms with van der Waals surface area (Å²) < 4.78 is 21.9. The molecule has 13 heteroatoms. The van der Waals surface area contributed by atoms with E-state index in [4.69, 9.17) is 32.9 Å². The van der Waals surface area contributed by atoms with E-state index >= 15 is 0 Å². The van der Waals surface area contributed by atoms with Crippen LogP contribution in [0, 0.1) is 10.1 Å². The van der Waals surface area contributed by atoms with Crippen LogP contribution in [-0.4, -0.2) is 43.1 Å². The number of aliphatic hydroxyl groups excluding tert-OH is 1. The second-order valence-electron chi connectivity index (χ2n) is 2.13. The molecule has 126 valence electrons. The largest absolute Gasteiger partial charge is 2.00 e. The maximum Gasteiger partial charge on any atom is 2.00 e. The molecular weight excluding hydrogens is 528 g/mol. The minimum absolute atomic E-state index is 0. The third-order valence-electron chi connectivity index (χ3n) is 1.16. The van der Waals surface area contributed by atoms with Crippen LogP contribution in [0.25, 0.3) is 12.3 Å². The van der Waals surface area contributed by atoms with Gasteiger partial charge in [0.2, 0.25) is 0 Å². The maximum atomic E-state index is 8.95. The molecule has 1 aromatic rings. The zero-order valence-corrected chi connectivity index (χ0v) is 14.1. The van der Waals surface area contributed by atoms with Crippen LogP contribution in [0.1, 0.15) is 5.56 Å². The third kappa shape index (κ3) is 30.4. The SMILES string of the molecule is O.O=N[O-].OCc1ccccc1O.O[SeH](O)O.[NH2-].[NH2-].[Pt+2]. The fourth-order valence-corrected chi connectivity index (χ4v) is 0.645. The number of benzene rings is 1.